The van der Waals surface area contributed by atoms with Crippen LogP contribution in [-0.4, -0.2) is 15.1 Å². The Balaban J connectivity index is 1.96. The Kier molecular flexibility index (Phi) is 3.73. The summed E-state index contributed by atoms with van der Waals surface area (Å²) in [4.78, 5) is 8.46. The van der Waals surface area contributed by atoms with E-state index in [9.17, 15) is 5.11 Å². The molecule has 0 aliphatic heterocycles. The number of rotatable bonds is 3. The van der Waals surface area contributed by atoms with Gasteiger partial charge in [-0.15, -0.1) is 0 Å². The smallest absolute Gasteiger partial charge is 0.153 e. The second-order valence-electron chi connectivity index (χ2n) is 4.64. The SMILES string of the molecule is C[C@H](O)c1ccc(Oc2ccc(Cl)c3cccnc23)cn1. The van der Waals surface area contributed by atoms with Crippen LogP contribution in [0.1, 0.15) is 18.7 Å². The Bertz CT molecular complexity index is 773. The molecule has 21 heavy (non-hydrogen) atoms. The lowest BCUT2D eigenvalue weighted by atomic mass is 10.2. The number of benzene rings is 1. The molecule has 3 aromatic rings. The topological polar surface area (TPSA) is 55.2 Å². The number of aromatic nitrogens is 2. The van der Waals surface area contributed by atoms with Gasteiger partial charge in [0.1, 0.15) is 11.3 Å². The lowest BCUT2D eigenvalue weighted by molar-refractivity contribution is 0.194. The van der Waals surface area contributed by atoms with Crippen molar-refractivity contribution in [2.75, 3.05) is 0 Å². The van der Waals surface area contributed by atoms with Crippen molar-refractivity contribution >= 4 is 22.5 Å². The number of aliphatic hydroxyl groups is 1. The van der Waals surface area contributed by atoms with Crippen LogP contribution in [0, 0.1) is 0 Å². The minimum absolute atomic E-state index is 0.577. The van der Waals surface area contributed by atoms with E-state index in [1.54, 1.807) is 43.6 Å². The van der Waals surface area contributed by atoms with E-state index in [2.05, 4.69) is 9.97 Å². The van der Waals surface area contributed by atoms with Crippen molar-refractivity contribution in [1.82, 2.24) is 9.97 Å². The molecule has 3 rings (SSSR count). The molecule has 2 heterocycles. The molecule has 1 atom stereocenters. The van der Waals surface area contributed by atoms with Gasteiger partial charge in [-0.1, -0.05) is 11.6 Å². The molecule has 106 valence electrons. The summed E-state index contributed by atoms with van der Waals surface area (Å²) in [5.41, 5.74) is 1.30. The van der Waals surface area contributed by atoms with Crippen molar-refractivity contribution in [3.8, 4) is 11.5 Å². The average Bonchev–Trinajstić information content (AvgIpc) is 2.51. The first-order valence-electron chi connectivity index (χ1n) is 6.50. The van der Waals surface area contributed by atoms with E-state index in [1.807, 2.05) is 12.1 Å². The number of hydrogen-bond acceptors (Lipinski definition) is 4. The third kappa shape index (κ3) is 2.82. The maximum atomic E-state index is 9.45. The molecule has 5 heteroatoms. The first kappa shape index (κ1) is 13.8. The Morgan fingerprint density at radius 3 is 2.71 bits per heavy atom. The molecule has 0 saturated carbocycles. The lowest BCUT2D eigenvalue weighted by Crippen LogP contribution is -1.95. The second kappa shape index (κ2) is 5.68. The van der Waals surface area contributed by atoms with Crippen LogP contribution in [0.5, 0.6) is 11.5 Å². The highest BCUT2D eigenvalue weighted by Crippen LogP contribution is 2.32. The van der Waals surface area contributed by atoms with Gasteiger partial charge >= 0.3 is 0 Å². The summed E-state index contributed by atoms with van der Waals surface area (Å²) in [6, 6.07) is 10.8. The number of fused-ring (bicyclic) bond motifs is 1. The van der Waals surface area contributed by atoms with E-state index in [4.69, 9.17) is 16.3 Å². The molecule has 0 aliphatic carbocycles. The van der Waals surface area contributed by atoms with Crippen LogP contribution in [0.25, 0.3) is 10.9 Å². The van der Waals surface area contributed by atoms with Crippen LogP contribution in [0.15, 0.2) is 48.8 Å². The van der Waals surface area contributed by atoms with Gasteiger partial charge in [-0.05, 0) is 43.3 Å². The molecule has 1 aromatic carbocycles. The molecule has 0 aliphatic rings. The van der Waals surface area contributed by atoms with Gasteiger partial charge < -0.3 is 9.84 Å². The van der Waals surface area contributed by atoms with Crippen LogP contribution >= 0.6 is 11.6 Å². The molecule has 0 unspecified atom stereocenters. The number of aliphatic hydroxyl groups excluding tert-OH is 1. The molecular formula is C16H13ClN2O2. The van der Waals surface area contributed by atoms with Crippen molar-refractivity contribution in [2.24, 2.45) is 0 Å². The van der Waals surface area contributed by atoms with Crippen LogP contribution in [0.4, 0.5) is 0 Å². The van der Waals surface area contributed by atoms with E-state index >= 15 is 0 Å². The van der Waals surface area contributed by atoms with Crippen LogP contribution in [0.3, 0.4) is 0 Å². The van der Waals surface area contributed by atoms with Gasteiger partial charge in [-0.3, -0.25) is 9.97 Å². The van der Waals surface area contributed by atoms with Crippen molar-refractivity contribution in [1.29, 1.82) is 0 Å². The van der Waals surface area contributed by atoms with Gasteiger partial charge in [0.2, 0.25) is 0 Å². The maximum Gasteiger partial charge on any atom is 0.153 e. The van der Waals surface area contributed by atoms with Crippen molar-refractivity contribution in [3.63, 3.8) is 0 Å². The Labute approximate surface area is 127 Å². The number of halogens is 1. The molecule has 0 radical (unpaired) electrons. The highest BCUT2D eigenvalue weighted by atomic mass is 35.5. The minimum Gasteiger partial charge on any atom is -0.453 e. The molecule has 0 fully saturated rings. The van der Waals surface area contributed by atoms with Gasteiger partial charge in [0.05, 0.1) is 23.0 Å². The fourth-order valence-electron chi connectivity index (χ4n) is 2.02. The fourth-order valence-corrected chi connectivity index (χ4v) is 2.24. The standard InChI is InChI=1S/C16H13ClN2O2/c1-10(20)14-6-4-11(9-19-14)21-15-7-5-13(17)12-3-2-8-18-16(12)15/h2-10,20H,1H3/t10-/m0/s1. The monoisotopic (exact) mass is 300 g/mol. The summed E-state index contributed by atoms with van der Waals surface area (Å²) in [6.07, 6.45) is 2.67. The Hall–Kier alpha value is -2.17. The first-order chi connectivity index (χ1) is 10.1. The first-order valence-corrected chi connectivity index (χ1v) is 6.88. The quantitative estimate of drug-likeness (QED) is 0.790. The van der Waals surface area contributed by atoms with Gasteiger partial charge in [0.25, 0.3) is 0 Å². The molecule has 2 aromatic heterocycles. The average molecular weight is 301 g/mol. The van der Waals surface area contributed by atoms with Crippen molar-refractivity contribution in [3.05, 3.63) is 59.5 Å². The zero-order valence-corrected chi connectivity index (χ0v) is 12.1. The molecule has 0 saturated heterocycles. The Morgan fingerprint density at radius 2 is 2.00 bits per heavy atom. The predicted molar refractivity (Wildman–Crippen MR) is 81.7 cm³/mol. The summed E-state index contributed by atoms with van der Waals surface area (Å²) >= 11 is 6.15. The zero-order valence-electron chi connectivity index (χ0n) is 11.3. The minimum atomic E-state index is -0.600. The lowest BCUT2D eigenvalue weighted by Gasteiger charge is -2.10. The Morgan fingerprint density at radius 1 is 1.14 bits per heavy atom. The van der Waals surface area contributed by atoms with E-state index in [1.165, 1.54) is 0 Å². The van der Waals surface area contributed by atoms with Gasteiger partial charge in [-0.25, -0.2) is 0 Å². The van der Waals surface area contributed by atoms with Crippen molar-refractivity contribution < 1.29 is 9.84 Å². The molecular weight excluding hydrogens is 288 g/mol. The van der Waals surface area contributed by atoms with E-state index in [-0.39, 0.29) is 0 Å². The summed E-state index contributed by atoms with van der Waals surface area (Å²) in [6.45, 7) is 1.67. The summed E-state index contributed by atoms with van der Waals surface area (Å²) in [5.74, 6) is 1.19. The largest absolute Gasteiger partial charge is 0.453 e. The summed E-state index contributed by atoms with van der Waals surface area (Å²) in [5, 5.41) is 10.9. The summed E-state index contributed by atoms with van der Waals surface area (Å²) < 4.78 is 5.82. The molecule has 1 N–H and O–H groups in total. The van der Waals surface area contributed by atoms with E-state index in [0.717, 1.165) is 5.39 Å². The van der Waals surface area contributed by atoms with Crippen molar-refractivity contribution in [2.45, 2.75) is 13.0 Å². The number of ether oxygens (including phenoxy) is 1. The van der Waals surface area contributed by atoms with Crippen LogP contribution in [-0.2, 0) is 0 Å². The second-order valence-corrected chi connectivity index (χ2v) is 5.05. The fraction of sp³-hybridized carbons (Fsp3) is 0.125. The predicted octanol–water partition coefficient (Wildman–Crippen LogP) is 4.13. The zero-order chi connectivity index (χ0) is 14.8. The third-order valence-corrected chi connectivity index (χ3v) is 3.42. The number of hydrogen-bond donors (Lipinski definition) is 1. The summed E-state index contributed by atoms with van der Waals surface area (Å²) in [7, 11) is 0. The molecule has 0 bridgehead atoms. The van der Waals surface area contributed by atoms with Gasteiger partial charge in [0.15, 0.2) is 5.75 Å². The molecule has 0 amide bonds. The van der Waals surface area contributed by atoms with E-state index in [0.29, 0.717) is 27.7 Å². The van der Waals surface area contributed by atoms with Crippen LogP contribution < -0.4 is 4.74 Å². The highest BCUT2D eigenvalue weighted by Gasteiger charge is 2.08. The third-order valence-electron chi connectivity index (χ3n) is 3.09. The van der Waals surface area contributed by atoms with Gasteiger partial charge in [0, 0.05) is 11.6 Å². The maximum absolute atomic E-state index is 9.45. The molecule has 4 nitrogen and oxygen atoms in total. The highest BCUT2D eigenvalue weighted by molar-refractivity contribution is 6.35. The molecule has 0 spiro atoms. The number of nitrogens with zero attached hydrogens (tertiary/aromatic N) is 2. The van der Waals surface area contributed by atoms with Crippen LogP contribution in [0.2, 0.25) is 5.02 Å². The van der Waals surface area contributed by atoms with E-state index < -0.39 is 6.10 Å². The normalized spacial score (nSPS) is 12.3. The van der Waals surface area contributed by atoms with Gasteiger partial charge in [-0.2, -0.15) is 0 Å². The number of pyridine rings is 2.